The second kappa shape index (κ2) is 7.36. The average Bonchev–Trinajstić information content (AvgIpc) is 3.30. The highest BCUT2D eigenvalue weighted by molar-refractivity contribution is 7.12. The smallest absolute Gasteiger partial charge is 0.305 e. The van der Waals surface area contributed by atoms with Crippen molar-refractivity contribution in [3.05, 3.63) is 70.4 Å². The molecule has 7 heteroatoms. The molecule has 0 unspecified atom stereocenters. The molecule has 0 aliphatic heterocycles. The van der Waals surface area contributed by atoms with Gasteiger partial charge in [-0.15, -0.1) is 11.3 Å². The third-order valence-electron chi connectivity index (χ3n) is 3.78. The number of furan rings is 1. The molecule has 140 valence electrons. The number of carbonyl (C=O) groups is 2. The first-order valence-electron chi connectivity index (χ1n) is 8.30. The maximum absolute atomic E-state index is 13.1. The first-order valence-corrected chi connectivity index (χ1v) is 9.18. The molecule has 0 spiro atoms. The summed E-state index contributed by atoms with van der Waals surface area (Å²) in [5.74, 6) is -0.690. The van der Waals surface area contributed by atoms with Gasteiger partial charge < -0.3 is 4.42 Å². The number of hydrazine groups is 1. The predicted molar refractivity (Wildman–Crippen MR) is 102 cm³/mol. The SMILES string of the molecule is CC(C)(C)N(NC(=O)c1ccc(-c2ccc(F)cc2)o1)C(=O)c1cccs1. The predicted octanol–water partition coefficient (Wildman–Crippen LogP) is 4.73. The Morgan fingerprint density at radius 3 is 2.37 bits per heavy atom. The van der Waals surface area contributed by atoms with Crippen LogP contribution in [0.3, 0.4) is 0 Å². The van der Waals surface area contributed by atoms with Gasteiger partial charge in [-0.2, -0.15) is 0 Å². The van der Waals surface area contributed by atoms with E-state index in [0.717, 1.165) is 0 Å². The molecule has 27 heavy (non-hydrogen) atoms. The Kier molecular flexibility index (Phi) is 5.14. The van der Waals surface area contributed by atoms with Crippen LogP contribution in [0.5, 0.6) is 0 Å². The molecule has 2 aromatic heterocycles. The lowest BCUT2D eigenvalue weighted by molar-refractivity contribution is 0.0353. The van der Waals surface area contributed by atoms with E-state index in [4.69, 9.17) is 4.42 Å². The fourth-order valence-corrected chi connectivity index (χ4v) is 3.07. The average molecular weight is 386 g/mol. The van der Waals surface area contributed by atoms with Gasteiger partial charge in [0.15, 0.2) is 5.76 Å². The second-order valence-electron chi connectivity index (χ2n) is 6.90. The lowest BCUT2D eigenvalue weighted by atomic mass is 10.1. The van der Waals surface area contributed by atoms with Crippen LogP contribution >= 0.6 is 11.3 Å². The molecule has 5 nitrogen and oxygen atoms in total. The van der Waals surface area contributed by atoms with Gasteiger partial charge in [-0.1, -0.05) is 6.07 Å². The van der Waals surface area contributed by atoms with Gasteiger partial charge in [-0.25, -0.2) is 9.40 Å². The van der Waals surface area contributed by atoms with E-state index < -0.39 is 11.4 Å². The zero-order valence-corrected chi connectivity index (χ0v) is 16.0. The van der Waals surface area contributed by atoms with Crippen LogP contribution in [0.2, 0.25) is 0 Å². The van der Waals surface area contributed by atoms with E-state index >= 15 is 0 Å². The zero-order valence-electron chi connectivity index (χ0n) is 15.2. The number of carbonyl (C=O) groups excluding carboxylic acids is 2. The quantitative estimate of drug-likeness (QED) is 0.662. The van der Waals surface area contributed by atoms with E-state index in [0.29, 0.717) is 16.2 Å². The minimum Gasteiger partial charge on any atom is -0.451 e. The standard InChI is InChI=1S/C20H19FN2O3S/c1-20(2,3)23(19(25)17-5-4-12-27-17)22-18(24)16-11-10-15(26-16)13-6-8-14(21)9-7-13/h4-12H,1-3H3,(H,22,24). The molecule has 0 bridgehead atoms. The van der Waals surface area contributed by atoms with Gasteiger partial charge in [0.1, 0.15) is 11.6 Å². The molecule has 2 heterocycles. The number of halogens is 1. The van der Waals surface area contributed by atoms with Crippen molar-refractivity contribution in [2.45, 2.75) is 26.3 Å². The Morgan fingerprint density at radius 2 is 1.78 bits per heavy atom. The summed E-state index contributed by atoms with van der Waals surface area (Å²) in [5, 5.41) is 3.10. The highest BCUT2D eigenvalue weighted by atomic mass is 32.1. The van der Waals surface area contributed by atoms with Crippen LogP contribution in [0.4, 0.5) is 4.39 Å². The summed E-state index contributed by atoms with van der Waals surface area (Å²) < 4.78 is 18.6. The van der Waals surface area contributed by atoms with Crippen LogP contribution in [-0.4, -0.2) is 22.4 Å². The lowest BCUT2D eigenvalue weighted by Crippen LogP contribution is -2.55. The first kappa shape index (κ1) is 18.8. The third kappa shape index (κ3) is 4.25. The van der Waals surface area contributed by atoms with Gasteiger partial charge in [0, 0.05) is 5.56 Å². The number of benzene rings is 1. The Balaban J connectivity index is 1.80. The molecule has 3 aromatic rings. The van der Waals surface area contributed by atoms with Gasteiger partial charge in [0.2, 0.25) is 0 Å². The van der Waals surface area contributed by atoms with E-state index in [1.54, 1.807) is 35.7 Å². The fourth-order valence-electron chi connectivity index (χ4n) is 2.42. The first-order chi connectivity index (χ1) is 12.8. The molecule has 0 aliphatic rings. The summed E-state index contributed by atoms with van der Waals surface area (Å²) in [6, 6.07) is 12.4. The van der Waals surface area contributed by atoms with Crippen LogP contribution < -0.4 is 5.43 Å². The van der Waals surface area contributed by atoms with E-state index in [1.807, 2.05) is 20.8 Å². The number of thiophene rings is 1. The van der Waals surface area contributed by atoms with Crippen molar-refractivity contribution in [1.29, 1.82) is 0 Å². The number of hydrogen-bond acceptors (Lipinski definition) is 4. The molecule has 2 amide bonds. The number of hydrogen-bond donors (Lipinski definition) is 1. The van der Waals surface area contributed by atoms with Crippen LogP contribution in [0, 0.1) is 5.82 Å². The summed E-state index contributed by atoms with van der Waals surface area (Å²) in [6.07, 6.45) is 0. The van der Waals surface area contributed by atoms with E-state index in [9.17, 15) is 14.0 Å². The molecule has 1 aromatic carbocycles. The van der Waals surface area contributed by atoms with Crippen LogP contribution in [0.15, 0.2) is 58.3 Å². The molecule has 1 N–H and O–H groups in total. The Bertz CT molecular complexity index is 941. The van der Waals surface area contributed by atoms with Crippen molar-refractivity contribution < 1.29 is 18.4 Å². The molecule has 0 saturated carbocycles. The van der Waals surface area contributed by atoms with Crippen molar-refractivity contribution in [3.8, 4) is 11.3 Å². The number of nitrogens with one attached hydrogen (secondary N) is 1. The highest BCUT2D eigenvalue weighted by Crippen LogP contribution is 2.23. The summed E-state index contributed by atoms with van der Waals surface area (Å²) >= 11 is 1.30. The largest absolute Gasteiger partial charge is 0.451 e. The van der Waals surface area contributed by atoms with Gasteiger partial charge in [-0.05, 0) is 68.6 Å². The molecular weight excluding hydrogens is 367 g/mol. The molecule has 0 fully saturated rings. The van der Waals surface area contributed by atoms with Crippen LogP contribution in [-0.2, 0) is 0 Å². The van der Waals surface area contributed by atoms with Crippen LogP contribution in [0.1, 0.15) is 41.0 Å². The maximum atomic E-state index is 13.1. The molecule has 0 radical (unpaired) electrons. The molecule has 0 aliphatic carbocycles. The van der Waals surface area contributed by atoms with Gasteiger partial charge in [-0.3, -0.25) is 15.0 Å². The normalized spacial score (nSPS) is 11.3. The highest BCUT2D eigenvalue weighted by Gasteiger charge is 2.30. The Morgan fingerprint density at radius 1 is 1.07 bits per heavy atom. The fraction of sp³-hybridized carbons (Fsp3) is 0.200. The molecule has 3 rings (SSSR count). The Labute approximate surface area is 160 Å². The number of rotatable bonds is 3. The minimum absolute atomic E-state index is 0.0579. The lowest BCUT2D eigenvalue weighted by Gasteiger charge is -2.34. The number of amides is 2. The molecule has 0 atom stereocenters. The minimum atomic E-state index is -0.636. The molecule has 0 saturated heterocycles. The number of nitrogens with zero attached hydrogens (tertiary/aromatic N) is 1. The summed E-state index contributed by atoms with van der Waals surface area (Å²) in [5.41, 5.74) is 2.65. The van der Waals surface area contributed by atoms with Gasteiger partial charge in [0.05, 0.1) is 10.4 Å². The topological polar surface area (TPSA) is 62.6 Å². The van der Waals surface area contributed by atoms with Crippen molar-refractivity contribution in [2.24, 2.45) is 0 Å². The van der Waals surface area contributed by atoms with Gasteiger partial charge >= 0.3 is 5.91 Å². The van der Waals surface area contributed by atoms with Crippen molar-refractivity contribution >= 4 is 23.2 Å². The van der Waals surface area contributed by atoms with E-state index in [-0.39, 0.29) is 17.5 Å². The van der Waals surface area contributed by atoms with Crippen molar-refractivity contribution in [3.63, 3.8) is 0 Å². The maximum Gasteiger partial charge on any atom is 0.305 e. The van der Waals surface area contributed by atoms with Crippen molar-refractivity contribution in [2.75, 3.05) is 0 Å². The van der Waals surface area contributed by atoms with Crippen LogP contribution in [0.25, 0.3) is 11.3 Å². The van der Waals surface area contributed by atoms with E-state index in [2.05, 4.69) is 5.43 Å². The van der Waals surface area contributed by atoms with Crippen molar-refractivity contribution in [1.82, 2.24) is 10.4 Å². The van der Waals surface area contributed by atoms with E-state index in [1.165, 1.54) is 34.5 Å². The summed E-state index contributed by atoms with van der Waals surface area (Å²) in [4.78, 5) is 25.9. The summed E-state index contributed by atoms with van der Waals surface area (Å²) in [6.45, 7) is 5.47. The van der Waals surface area contributed by atoms with Gasteiger partial charge in [0.25, 0.3) is 5.91 Å². The third-order valence-corrected chi connectivity index (χ3v) is 4.64. The zero-order chi connectivity index (χ0) is 19.6. The molecular formula is C20H19FN2O3S. The monoisotopic (exact) mass is 386 g/mol. The summed E-state index contributed by atoms with van der Waals surface area (Å²) in [7, 11) is 0. The Hall–Kier alpha value is -2.93. The second-order valence-corrected chi connectivity index (χ2v) is 7.85.